The van der Waals surface area contributed by atoms with Crippen LogP contribution in [0.5, 0.6) is 11.5 Å². The summed E-state index contributed by atoms with van der Waals surface area (Å²) < 4.78 is 20.7. The number of nitrogens with one attached hydrogen (secondary N) is 1. The summed E-state index contributed by atoms with van der Waals surface area (Å²) in [6, 6.07) is 3.86. The lowest BCUT2D eigenvalue weighted by molar-refractivity contribution is -0.260. The number of hydrogen-bond donors (Lipinski definition) is 3. The molecule has 1 aliphatic heterocycles. The third kappa shape index (κ3) is 5.04. The highest BCUT2D eigenvalue weighted by Gasteiger charge is 2.45. The topological polar surface area (TPSA) is 136 Å². The fraction of sp³-hybridized carbons (Fsp3) is 0.500. The molecule has 0 radical (unpaired) electrons. The minimum atomic E-state index is -1.39. The first-order valence-corrected chi connectivity index (χ1v) is 8.50. The van der Waals surface area contributed by atoms with Crippen molar-refractivity contribution in [2.45, 2.75) is 30.6 Å². The van der Waals surface area contributed by atoms with Gasteiger partial charge in [0.05, 0.1) is 14.2 Å². The molecule has 0 saturated carbocycles. The van der Waals surface area contributed by atoms with E-state index in [1.165, 1.54) is 27.4 Å². The zero-order valence-electron chi connectivity index (χ0n) is 15.8. The number of ether oxygens (including phenoxy) is 4. The van der Waals surface area contributed by atoms with E-state index in [1.807, 2.05) is 0 Å². The van der Waals surface area contributed by atoms with Crippen molar-refractivity contribution in [3.8, 4) is 11.5 Å². The van der Waals surface area contributed by atoms with E-state index in [2.05, 4.69) is 10.5 Å². The van der Waals surface area contributed by atoms with Crippen molar-refractivity contribution in [2.75, 3.05) is 27.9 Å². The van der Waals surface area contributed by atoms with E-state index in [4.69, 9.17) is 18.9 Å². The van der Waals surface area contributed by atoms with Crippen molar-refractivity contribution in [1.29, 1.82) is 0 Å². The van der Waals surface area contributed by atoms with Crippen LogP contribution in [0.3, 0.4) is 0 Å². The largest absolute Gasteiger partial charge is 0.493 e. The Labute approximate surface area is 162 Å². The second-order valence-corrected chi connectivity index (χ2v) is 6.05. The van der Waals surface area contributed by atoms with Gasteiger partial charge in [-0.05, 0) is 23.8 Å². The first kappa shape index (κ1) is 21.8. The molecule has 154 valence electrons. The van der Waals surface area contributed by atoms with Crippen LogP contribution in [0.4, 0.5) is 0 Å². The van der Waals surface area contributed by atoms with Gasteiger partial charge in [-0.25, -0.2) is 0 Å². The predicted molar refractivity (Wildman–Crippen MR) is 98.9 cm³/mol. The minimum Gasteiger partial charge on any atom is -0.493 e. The molecule has 1 heterocycles. The fourth-order valence-corrected chi connectivity index (χ4v) is 2.79. The summed E-state index contributed by atoms with van der Waals surface area (Å²) >= 11 is 0. The maximum atomic E-state index is 12.1. The average molecular weight is 396 g/mol. The third-order valence-electron chi connectivity index (χ3n) is 4.33. The van der Waals surface area contributed by atoms with Gasteiger partial charge in [-0.1, -0.05) is 11.2 Å². The van der Waals surface area contributed by atoms with Crippen molar-refractivity contribution in [3.05, 3.63) is 34.7 Å². The number of nitrogens with zero attached hydrogens (tertiary/aromatic N) is 1. The molecule has 1 aromatic rings. The van der Waals surface area contributed by atoms with Crippen LogP contribution in [0.25, 0.3) is 6.08 Å². The highest BCUT2D eigenvalue weighted by Crippen LogP contribution is 2.28. The molecule has 1 fully saturated rings. The monoisotopic (exact) mass is 396 g/mol. The molecule has 1 aliphatic rings. The zero-order valence-corrected chi connectivity index (χ0v) is 15.8. The van der Waals surface area contributed by atoms with Gasteiger partial charge in [-0.2, -0.15) is 4.91 Å². The molecular weight excluding hydrogens is 372 g/mol. The van der Waals surface area contributed by atoms with Crippen molar-refractivity contribution in [1.82, 2.24) is 5.32 Å². The van der Waals surface area contributed by atoms with Crippen molar-refractivity contribution < 1.29 is 34.0 Å². The molecule has 0 aromatic heterocycles. The Morgan fingerprint density at radius 1 is 1.21 bits per heavy atom. The standard InChI is InChI=1S/C18H24N2O8/c1-25-11-6-4-10(8-12(11)26-2)5-7-14(21)19-9-13-16(22)15(20-24)17(23)18(27-3)28-13/h4-8,13,15-18,22-23H,9H2,1-3H3,(H,19,21)/b7-5+. The average Bonchev–Trinajstić information content (AvgIpc) is 2.71. The SMILES string of the molecule is COc1ccc(/C=C/C(=O)NCC2OC(OC)C(O)C(N=O)C2O)cc1OC. The summed E-state index contributed by atoms with van der Waals surface area (Å²) in [4.78, 5) is 22.9. The quantitative estimate of drug-likeness (QED) is 0.415. The summed E-state index contributed by atoms with van der Waals surface area (Å²) in [5.74, 6) is 0.655. The van der Waals surface area contributed by atoms with E-state index in [-0.39, 0.29) is 6.54 Å². The number of carbonyl (C=O) groups excluding carboxylic acids is 1. The molecule has 3 N–H and O–H groups in total. The van der Waals surface area contributed by atoms with E-state index in [9.17, 15) is 19.9 Å². The normalized spacial score (nSPS) is 27.4. The lowest BCUT2D eigenvalue weighted by Crippen LogP contribution is -2.59. The maximum Gasteiger partial charge on any atom is 0.244 e. The van der Waals surface area contributed by atoms with Gasteiger partial charge in [-0.15, -0.1) is 0 Å². The van der Waals surface area contributed by atoms with Crippen molar-refractivity contribution in [2.24, 2.45) is 5.18 Å². The molecule has 0 spiro atoms. The van der Waals surface area contributed by atoms with E-state index < -0.39 is 36.6 Å². The van der Waals surface area contributed by atoms with Crippen LogP contribution in [0.2, 0.25) is 0 Å². The van der Waals surface area contributed by atoms with Gasteiger partial charge in [0.2, 0.25) is 5.91 Å². The number of aliphatic hydroxyl groups is 2. The van der Waals surface area contributed by atoms with Crippen LogP contribution >= 0.6 is 0 Å². The number of benzene rings is 1. The zero-order chi connectivity index (χ0) is 20.7. The molecule has 1 aromatic carbocycles. The van der Waals surface area contributed by atoms with Crippen LogP contribution in [0.1, 0.15) is 5.56 Å². The molecule has 28 heavy (non-hydrogen) atoms. The number of aliphatic hydroxyl groups excluding tert-OH is 2. The van der Waals surface area contributed by atoms with Gasteiger partial charge in [0.1, 0.15) is 18.3 Å². The van der Waals surface area contributed by atoms with Gasteiger partial charge in [0.25, 0.3) is 0 Å². The smallest absolute Gasteiger partial charge is 0.244 e. The molecule has 1 amide bonds. The minimum absolute atomic E-state index is 0.102. The second kappa shape index (κ2) is 10.1. The van der Waals surface area contributed by atoms with Crippen molar-refractivity contribution in [3.63, 3.8) is 0 Å². The first-order chi connectivity index (χ1) is 13.4. The highest BCUT2D eigenvalue weighted by atomic mass is 16.7. The van der Waals surface area contributed by atoms with E-state index in [0.717, 1.165) is 5.56 Å². The van der Waals surface area contributed by atoms with E-state index in [0.29, 0.717) is 11.5 Å². The molecular formula is C18H24N2O8. The van der Waals surface area contributed by atoms with Gasteiger partial charge in [0.15, 0.2) is 23.8 Å². The highest BCUT2D eigenvalue weighted by molar-refractivity contribution is 5.91. The molecule has 10 nitrogen and oxygen atoms in total. The molecule has 5 unspecified atom stereocenters. The number of hydrogen-bond acceptors (Lipinski definition) is 9. The Bertz CT molecular complexity index is 711. The van der Waals surface area contributed by atoms with E-state index >= 15 is 0 Å². The molecule has 0 bridgehead atoms. The second-order valence-electron chi connectivity index (χ2n) is 6.05. The lowest BCUT2D eigenvalue weighted by atomic mass is 9.97. The summed E-state index contributed by atoms with van der Waals surface area (Å²) in [7, 11) is 4.33. The fourth-order valence-electron chi connectivity index (χ4n) is 2.79. The Morgan fingerprint density at radius 3 is 2.54 bits per heavy atom. The summed E-state index contributed by atoms with van der Waals surface area (Å²) in [6.45, 7) is -0.102. The van der Waals surface area contributed by atoms with Crippen LogP contribution in [0, 0.1) is 4.91 Å². The summed E-state index contributed by atoms with van der Waals surface area (Å²) in [5, 5.41) is 25.3. The van der Waals surface area contributed by atoms with Crippen LogP contribution in [0.15, 0.2) is 29.5 Å². The van der Waals surface area contributed by atoms with Gasteiger partial charge < -0.3 is 34.5 Å². The van der Waals surface area contributed by atoms with Gasteiger partial charge in [0, 0.05) is 19.7 Å². The van der Waals surface area contributed by atoms with E-state index in [1.54, 1.807) is 24.3 Å². The predicted octanol–water partition coefficient (Wildman–Crippen LogP) is 0.0613. The molecule has 2 rings (SSSR count). The Balaban J connectivity index is 1.96. The van der Waals surface area contributed by atoms with Crippen LogP contribution < -0.4 is 14.8 Å². The van der Waals surface area contributed by atoms with Crippen LogP contribution in [-0.4, -0.2) is 74.6 Å². The van der Waals surface area contributed by atoms with Gasteiger partial charge >= 0.3 is 0 Å². The van der Waals surface area contributed by atoms with Crippen molar-refractivity contribution >= 4 is 12.0 Å². The summed E-state index contributed by atoms with van der Waals surface area (Å²) in [5.41, 5.74) is 0.717. The Hall–Kier alpha value is -2.53. The lowest BCUT2D eigenvalue weighted by Gasteiger charge is -2.39. The number of amides is 1. The third-order valence-corrected chi connectivity index (χ3v) is 4.33. The Morgan fingerprint density at radius 2 is 1.93 bits per heavy atom. The number of nitroso groups, excluding NO2 is 1. The number of carbonyl (C=O) groups is 1. The summed E-state index contributed by atoms with van der Waals surface area (Å²) in [6.07, 6.45) is -1.99. The molecule has 10 heteroatoms. The maximum absolute atomic E-state index is 12.1. The first-order valence-electron chi connectivity index (χ1n) is 8.50. The molecule has 5 atom stereocenters. The van der Waals surface area contributed by atoms with Crippen LogP contribution in [-0.2, 0) is 14.3 Å². The molecule has 0 aliphatic carbocycles. The molecule has 1 saturated heterocycles. The number of methoxy groups -OCH3 is 3. The van der Waals surface area contributed by atoms with Gasteiger partial charge in [-0.3, -0.25) is 4.79 Å². The number of rotatable bonds is 8. The Kier molecular flexibility index (Phi) is 7.88.